The fourth-order valence-electron chi connectivity index (χ4n) is 1.95. The van der Waals surface area contributed by atoms with Crippen LogP contribution in [0, 0.1) is 0 Å². The van der Waals surface area contributed by atoms with E-state index in [1.54, 1.807) is 0 Å². The van der Waals surface area contributed by atoms with Gasteiger partial charge < -0.3 is 0 Å². The van der Waals surface area contributed by atoms with Crippen LogP contribution < -0.4 is 0 Å². The molecule has 2 fully saturated rings. The summed E-state index contributed by atoms with van der Waals surface area (Å²) in [6, 6.07) is 1.92. The van der Waals surface area contributed by atoms with Crippen molar-refractivity contribution in [1.82, 2.24) is 4.90 Å². The third-order valence-corrected chi connectivity index (χ3v) is 2.67. The molecule has 0 aromatic rings. The van der Waals surface area contributed by atoms with Gasteiger partial charge in [-0.25, -0.2) is 0 Å². The van der Waals surface area contributed by atoms with Crippen molar-refractivity contribution in [1.29, 1.82) is 0 Å². The molecule has 2 atom stereocenters. The van der Waals surface area contributed by atoms with Gasteiger partial charge in [0.05, 0.1) is 0 Å². The molecule has 2 unspecified atom stereocenters. The van der Waals surface area contributed by atoms with Crippen molar-refractivity contribution < 1.29 is 0 Å². The molecule has 0 bridgehead atoms. The third-order valence-electron chi connectivity index (χ3n) is 2.67. The first-order valence-electron chi connectivity index (χ1n) is 3.63. The number of fused-ring (bicyclic) bond motifs is 1. The maximum Gasteiger partial charge on any atom is 0.0111 e. The summed E-state index contributed by atoms with van der Waals surface area (Å²) in [5.41, 5.74) is 0. The van der Waals surface area contributed by atoms with Crippen molar-refractivity contribution in [2.24, 2.45) is 0 Å². The molecule has 0 saturated carbocycles. The quantitative estimate of drug-likeness (QED) is 0.454. The molecule has 46 valence electrons. The van der Waals surface area contributed by atoms with Gasteiger partial charge in [-0.3, -0.25) is 4.90 Å². The normalized spacial score (nSPS) is 46.1. The molecule has 2 rings (SSSR count). The maximum absolute atomic E-state index is 2.62. The Labute approximate surface area is 50.7 Å². The van der Waals surface area contributed by atoms with Crippen LogP contribution >= 0.6 is 0 Å². The highest BCUT2D eigenvalue weighted by molar-refractivity contribution is 4.92. The van der Waals surface area contributed by atoms with Crippen LogP contribution in [-0.4, -0.2) is 23.5 Å². The number of rotatable bonds is 0. The summed E-state index contributed by atoms with van der Waals surface area (Å²) >= 11 is 0. The van der Waals surface area contributed by atoms with Gasteiger partial charge in [0.2, 0.25) is 0 Å². The highest BCUT2D eigenvalue weighted by Gasteiger charge is 2.36. The van der Waals surface area contributed by atoms with Crippen molar-refractivity contribution in [2.45, 2.75) is 38.3 Å². The van der Waals surface area contributed by atoms with Crippen LogP contribution in [0.2, 0.25) is 0 Å². The first-order valence-corrected chi connectivity index (χ1v) is 3.63. The number of hydrogen-bond donors (Lipinski definition) is 0. The molecule has 0 amide bonds. The molecule has 0 N–H and O–H groups in total. The van der Waals surface area contributed by atoms with E-state index in [1.165, 1.54) is 25.8 Å². The van der Waals surface area contributed by atoms with Crippen molar-refractivity contribution in [3.8, 4) is 0 Å². The van der Waals surface area contributed by atoms with Crippen LogP contribution in [0.15, 0.2) is 0 Å². The minimum atomic E-state index is 0.911. The summed E-state index contributed by atoms with van der Waals surface area (Å²) in [6.45, 7) is 3.73. The van der Waals surface area contributed by atoms with Gasteiger partial charge in [-0.2, -0.15) is 0 Å². The molecule has 0 aliphatic carbocycles. The van der Waals surface area contributed by atoms with Crippen molar-refractivity contribution in [3.05, 3.63) is 0 Å². The topological polar surface area (TPSA) is 3.24 Å². The molecular formula is C7H13N. The van der Waals surface area contributed by atoms with Gasteiger partial charge in [-0.15, -0.1) is 0 Å². The average Bonchev–Trinajstić information content (AvgIpc) is 1.80. The first kappa shape index (κ1) is 4.80. The van der Waals surface area contributed by atoms with Crippen molar-refractivity contribution in [2.75, 3.05) is 6.54 Å². The Hall–Kier alpha value is -0.0400. The fourth-order valence-corrected chi connectivity index (χ4v) is 1.95. The molecule has 1 heteroatoms. The van der Waals surface area contributed by atoms with Gasteiger partial charge in [0, 0.05) is 18.6 Å². The molecule has 0 aromatic heterocycles. The zero-order valence-electron chi connectivity index (χ0n) is 5.43. The van der Waals surface area contributed by atoms with Gasteiger partial charge >= 0.3 is 0 Å². The van der Waals surface area contributed by atoms with Crippen LogP contribution in [0.1, 0.15) is 26.2 Å². The molecule has 8 heavy (non-hydrogen) atoms. The summed E-state index contributed by atoms with van der Waals surface area (Å²) in [7, 11) is 0. The van der Waals surface area contributed by atoms with Crippen molar-refractivity contribution >= 4 is 0 Å². The van der Waals surface area contributed by atoms with E-state index in [9.17, 15) is 0 Å². The molecule has 0 radical (unpaired) electrons. The molecule has 2 aliphatic rings. The number of hydrogen-bond acceptors (Lipinski definition) is 1. The van der Waals surface area contributed by atoms with Gasteiger partial charge in [-0.05, 0) is 26.2 Å². The Morgan fingerprint density at radius 1 is 1.25 bits per heavy atom. The third kappa shape index (κ3) is 0.455. The molecule has 0 aromatic carbocycles. The molecule has 2 saturated heterocycles. The highest BCUT2D eigenvalue weighted by Crippen LogP contribution is 2.32. The SMILES string of the molecule is CC1CCC2CCN12. The van der Waals surface area contributed by atoms with E-state index in [-0.39, 0.29) is 0 Å². The Morgan fingerprint density at radius 2 is 2.12 bits per heavy atom. The largest absolute Gasteiger partial charge is 0.298 e. The second-order valence-corrected chi connectivity index (χ2v) is 3.11. The zero-order chi connectivity index (χ0) is 5.56. The predicted molar refractivity (Wildman–Crippen MR) is 33.8 cm³/mol. The van der Waals surface area contributed by atoms with E-state index < -0.39 is 0 Å². The fraction of sp³-hybridized carbons (Fsp3) is 1.00. The van der Waals surface area contributed by atoms with Crippen LogP contribution in [0.3, 0.4) is 0 Å². The molecule has 1 nitrogen and oxygen atoms in total. The van der Waals surface area contributed by atoms with Gasteiger partial charge in [0.15, 0.2) is 0 Å². The maximum atomic E-state index is 2.62. The predicted octanol–water partition coefficient (Wildman–Crippen LogP) is 1.24. The van der Waals surface area contributed by atoms with Crippen LogP contribution in [0.4, 0.5) is 0 Å². The highest BCUT2D eigenvalue weighted by atomic mass is 15.3. The Bertz CT molecular complexity index is 94.6. The minimum absolute atomic E-state index is 0.911. The van der Waals surface area contributed by atoms with Crippen LogP contribution in [0.5, 0.6) is 0 Å². The van der Waals surface area contributed by atoms with Gasteiger partial charge in [-0.1, -0.05) is 0 Å². The molecule has 2 aliphatic heterocycles. The number of nitrogens with zero attached hydrogens (tertiary/aromatic N) is 1. The smallest absolute Gasteiger partial charge is 0.0111 e. The van der Waals surface area contributed by atoms with E-state index in [0.29, 0.717) is 0 Å². The standard InChI is InChI=1S/C7H13N/c1-6-2-3-7-4-5-8(6)7/h6-7H,2-5H2,1H3. The summed E-state index contributed by atoms with van der Waals surface area (Å²) < 4.78 is 0. The Balaban J connectivity index is 2.05. The monoisotopic (exact) mass is 111 g/mol. The molecule has 2 heterocycles. The van der Waals surface area contributed by atoms with Crippen LogP contribution in [0.25, 0.3) is 0 Å². The van der Waals surface area contributed by atoms with Gasteiger partial charge in [0.25, 0.3) is 0 Å². The average molecular weight is 111 g/mol. The van der Waals surface area contributed by atoms with E-state index in [2.05, 4.69) is 11.8 Å². The Kier molecular flexibility index (Phi) is 0.884. The van der Waals surface area contributed by atoms with E-state index in [0.717, 1.165) is 12.1 Å². The van der Waals surface area contributed by atoms with Gasteiger partial charge in [0.1, 0.15) is 0 Å². The van der Waals surface area contributed by atoms with E-state index in [4.69, 9.17) is 0 Å². The minimum Gasteiger partial charge on any atom is -0.298 e. The molecule has 0 spiro atoms. The zero-order valence-corrected chi connectivity index (χ0v) is 5.43. The lowest BCUT2D eigenvalue weighted by molar-refractivity contribution is 0.103. The molecular weight excluding hydrogens is 98.1 g/mol. The Morgan fingerprint density at radius 3 is 2.38 bits per heavy atom. The summed E-state index contributed by atoms with van der Waals surface area (Å²) in [5.74, 6) is 0. The summed E-state index contributed by atoms with van der Waals surface area (Å²) in [4.78, 5) is 2.62. The lowest BCUT2D eigenvalue weighted by atomic mass is 10.1. The lowest BCUT2D eigenvalue weighted by Gasteiger charge is -2.37. The van der Waals surface area contributed by atoms with E-state index >= 15 is 0 Å². The second-order valence-electron chi connectivity index (χ2n) is 3.11. The second kappa shape index (κ2) is 1.47. The van der Waals surface area contributed by atoms with E-state index in [1.807, 2.05) is 0 Å². The van der Waals surface area contributed by atoms with Crippen molar-refractivity contribution in [3.63, 3.8) is 0 Å². The first-order chi connectivity index (χ1) is 3.88. The lowest BCUT2D eigenvalue weighted by Crippen LogP contribution is -2.45. The summed E-state index contributed by atoms with van der Waals surface area (Å²) in [6.07, 6.45) is 4.40. The van der Waals surface area contributed by atoms with Crippen LogP contribution in [-0.2, 0) is 0 Å². The summed E-state index contributed by atoms with van der Waals surface area (Å²) in [5, 5.41) is 0.